The molecule has 1 amide bonds. The van der Waals surface area contributed by atoms with Crippen LogP contribution in [0.15, 0.2) is 59.8 Å². The van der Waals surface area contributed by atoms with Crippen molar-refractivity contribution in [2.24, 2.45) is 0 Å². The lowest BCUT2D eigenvalue weighted by Gasteiger charge is -2.29. The number of carbonyl (C=O) groups is 1. The van der Waals surface area contributed by atoms with Gasteiger partial charge in [0.15, 0.2) is 5.75 Å². The van der Waals surface area contributed by atoms with Crippen LogP contribution < -0.4 is 15.6 Å². The second-order valence-electron chi connectivity index (χ2n) is 8.90. The molecule has 0 unspecified atom stereocenters. The maximum absolute atomic E-state index is 13.0. The number of ether oxygens (including phenoxy) is 1. The highest BCUT2D eigenvalue weighted by Crippen LogP contribution is 2.36. The maximum Gasteiger partial charge on any atom is 0.272 e. The van der Waals surface area contributed by atoms with Crippen LogP contribution in [0.4, 0.5) is 0 Å². The molecule has 1 saturated carbocycles. The summed E-state index contributed by atoms with van der Waals surface area (Å²) in [5.74, 6) is 0.846. The first-order chi connectivity index (χ1) is 16.7. The van der Waals surface area contributed by atoms with Gasteiger partial charge in [-0.3, -0.25) is 9.59 Å². The Balaban J connectivity index is 1.14. The first-order valence-corrected chi connectivity index (χ1v) is 11.5. The summed E-state index contributed by atoms with van der Waals surface area (Å²) in [5.41, 5.74) is 4.07. The summed E-state index contributed by atoms with van der Waals surface area (Å²) in [4.78, 5) is 33.4. The van der Waals surface area contributed by atoms with Crippen molar-refractivity contribution >= 4 is 16.7 Å². The summed E-state index contributed by atoms with van der Waals surface area (Å²) in [7, 11) is 0. The smallest absolute Gasteiger partial charge is 0.272 e. The lowest BCUT2D eigenvalue weighted by Crippen LogP contribution is -2.37. The molecule has 2 aromatic carbocycles. The van der Waals surface area contributed by atoms with Crippen molar-refractivity contribution in [3.63, 3.8) is 0 Å². The van der Waals surface area contributed by atoms with E-state index in [4.69, 9.17) is 4.74 Å². The van der Waals surface area contributed by atoms with Crippen molar-refractivity contribution in [1.82, 2.24) is 25.5 Å². The average Bonchev–Trinajstić information content (AvgIpc) is 2.89. The number of aromatic amines is 1. The van der Waals surface area contributed by atoms with Crippen LogP contribution in [-0.2, 0) is 6.61 Å². The molecule has 2 N–H and O–H groups in total. The van der Waals surface area contributed by atoms with Gasteiger partial charge in [-0.05, 0) is 49.4 Å². The van der Waals surface area contributed by atoms with E-state index in [9.17, 15) is 9.59 Å². The molecule has 8 heteroatoms. The number of carbonyl (C=O) groups excluding carboxylic acids is 1. The van der Waals surface area contributed by atoms with Crippen LogP contribution in [0.3, 0.4) is 0 Å². The molecule has 170 valence electrons. The third kappa shape index (κ3) is 3.61. The van der Waals surface area contributed by atoms with E-state index < -0.39 is 0 Å². The Bertz CT molecular complexity index is 1460. The summed E-state index contributed by atoms with van der Waals surface area (Å²) in [6.45, 7) is 0.391. The highest BCUT2D eigenvalue weighted by Gasteiger charge is 2.27. The van der Waals surface area contributed by atoms with E-state index in [1.54, 1.807) is 6.20 Å². The molecule has 3 heterocycles. The minimum absolute atomic E-state index is 0.0765. The molecule has 0 radical (unpaired) electrons. The molecule has 1 aliphatic carbocycles. The van der Waals surface area contributed by atoms with Gasteiger partial charge >= 0.3 is 0 Å². The molecule has 0 saturated heterocycles. The van der Waals surface area contributed by atoms with Crippen molar-refractivity contribution in [2.45, 2.75) is 44.2 Å². The first kappa shape index (κ1) is 20.5. The van der Waals surface area contributed by atoms with E-state index in [2.05, 4.69) is 25.5 Å². The van der Waals surface area contributed by atoms with E-state index in [1.807, 2.05) is 42.5 Å². The SMILES string of the molecule is O=C(NC1CCC(c2n[nH]c(=O)c3ccccc23)CC1)c1ccc2c(c1)COc1cncnc1-2. The van der Waals surface area contributed by atoms with E-state index >= 15 is 0 Å². The number of benzene rings is 2. The number of aromatic nitrogens is 4. The third-order valence-electron chi connectivity index (χ3n) is 6.86. The molecule has 4 aromatic rings. The Labute approximate surface area is 195 Å². The van der Waals surface area contributed by atoms with Crippen LogP contribution in [0.2, 0.25) is 0 Å². The summed E-state index contributed by atoms with van der Waals surface area (Å²) in [6.07, 6.45) is 6.70. The molecular weight excluding hydrogens is 430 g/mol. The number of hydrogen-bond donors (Lipinski definition) is 2. The normalized spacial score (nSPS) is 19.1. The average molecular weight is 454 g/mol. The summed E-state index contributed by atoms with van der Waals surface area (Å²) in [6, 6.07) is 13.4. The van der Waals surface area contributed by atoms with Gasteiger partial charge in [-0.25, -0.2) is 15.1 Å². The molecule has 2 aromatic heterocycles. The van der Waals surface area contributed by atoms with Gasteiger partial charge in [0.1, 0.15) is 18.6 Å². The largest absolute Gasteiger partial charge is 0.485 e. The Morgan fingerprint density at radius 3 is 2.74 bits per heavy atom. The van der Waals surface area contributed by atoms with Gasteiger partial charge in [-0.15, -0.1) is 0 Å². The van der Waals surface area contributed by atoms with Crippen molar-refractivity contribution in [3.8, 4) is 17.0 Å². The highest BCUT2D eigenvalue weighted by molar-refractivity contribution is 5.95. The number of rotatable bonds is 3. The second-order valence-corrected chi connectivity index (χ2v) is 8.90. The fraction of sp³-hybridized carbons (Fsp3) is 0.269. The quantitative estimate of drug-likeness (QED) is 0.489. The van der Waals surface area contributed by atoms with Crippen LogP contribution in [0.25, 0.3) is 22.0 Å². The Hall–Kier alpha value is -4.07. The van der Waals surface area contributed by atoms with Gasteiger partial charge in [0, 0.05) is 28.5 Å². The van der Waals surface area contributed by atoms with Crippen molar-refractivity contribution in [3.05, 3.63) is 82.2 Å². The minimum Gasteiger partial charge on any atom is -0.485 e. The van der Waals surface area contributed by atoms with E-state index in [1.165, 1.54) is 6.33 Å². The summed E-state index contributed by atoms with van der Waals surface area (Å²) >= 11 is 0. The van der Waals surface area contributed by atoms with Crippen molar-refractivity contribution in [1.29, 1.82) is 0 Å². The second kappa shape index (κ2) is 8.37. The van der Waals surface area contributed by atoms with Crippen LogP contribution in [0.5, 0.6) is 5.75 Å². The van der Waals surface area contributed by atoms with Crippen LogP contribution in [0.1, 0.15) is 53.2 Å². The van der Waals surface area contributed by atoms with Gasteiger partial charge in [-0.1, -0.05) is 24.3 Å². The molecule has 1 fully saturated rings. The number of nitrogens with zero attached hydrogens (tertiary/aromatic N) is 3. The van der Waals surface area contributed by atoms with Gasteiger partial charge in [-0.2, -0.15) is 5.10 Å². The monoisotopic (exact) mass is 453 g/mol. The molecule has 1 aliphatic heterocycles. The van der Waals surface area contributed by atoms with Gasteiger partial charge < -0.3 is 10.1 Å². The predicted octanol–water partition coefficient (Wildman–Crippen LogP) is 3.73. The minimum atomic E-state index is -0.160. The molecular formula is C26H23N5O3. The van der Waals surface area contributed by atoms with Gasteiger partial charge in [0.2, 0.25) is 0 Å². The molecule has 6 rings (SSSR count). The van der Waals surface area contributed by atoms with Crippen LogP contribution >= 0.6 is 0 Å². The number of hydrogen-bond acceptors (Lipinski definition) is 6. The van der Waals surface area contributed by atoms with Crippen LogP contribution in [0, 0.1) is 0 Å². The maximum atomic E-state index is 13.0. The fourth-order valence-corrected chi connectivity index (χ4v) is 5.09. The first-order valence-electron chi connectivity index (χ1n) is 11.5. The zero-order chi connectivity index (χ0) is 23.1. The standard InChI is InChI=1S/C26H23N5O3/c32-25(16-7-10-19-17(11-16)13-34-22-12-27-14-28-24(19)22)29-18-8-5-15(6-9-18)23-20-3-1-2-4-21(20)26(33)31-30-23/h1-4,7,10-12,14-15,18H,5-6,8-9,13H2,(H,29,32)(H,31,33). The summed E-state index contributed by atoms with van der Waals surface area (Å²) < 4.78 is 5.74. The molecule has 34 heavy (non-hydrogen) atoms. The number of fused-ring (bicyclic) bond motifs is 4. The van der Waals surface area contributed by atoms with Gasteiger partial charge in [0.25, 0.3) is 11.5 Å². The topological polar surface area (TPSA) is 110 Å². The van der Waals surface area contributed by atoms with Gasteiger partial charge in [0.05, 0.1) is 17.3 Å². The lowest BCUT2D eigenvalue weighted by molar-refractivity contribution is 0.0925. The zero-order valence-corrected chi connectivity index (χ0v) is 18.5. The lowest BCUT2D eigenvalue weighted by atomic mass is 9.82. The van der Waals surface area contributed by atoms with Crippen LogP contribution in [-0.4, -0.2) is 32.1 Å². The Morgan fingerprint density at radius 1 is 1.06 bits per heavy atom. The number of H-pyrrole nitrogens is 1. The Kier molecular flexibility index (Phi) is 5.05. The van der Waals surface area contributed by atoms with E-state index in [0.29, 0.717) is 23.3 Å². The van der Waals surface area contributed by atoms with E-state index in [-0.39, 0.29) is 23.4 Å². The molecule has 8 nitrogen and oxygen atoms in total. The highest BCUT2D eigenvalue weighted by atomic mass is 16.5. The fourth-order valence-electron chi connectivity index (χ4n) is 5.09. The predicted molar refractivity (Wildman–Crippen MR) is 127 cm³/mol. The zero-order valence-electron chi connectivity index (χ0n) is 18.5. The number of nitrogens with one attached hydrogen (secondary N) is 2. The van der Waals surface area contributed by atoms with Crippen molar-refractivity contribution < 1.29 is 9.53 Å². The molecule has 0 spiro atoms. The molecule has 0 atom stereocenters. The van der Waals surface area contributed by atoms with Crippen molar-refractivity contribution in [2.75, 3.05) is 0 Å². The van der Waals surface area contributed by atoms with E-state index in [0.717, 1.165) is 53.6 Å². The third-order valence-corrected chi connectivity index (χ3v) is 6.86. The molecule has 0 bridgehead atoms. The number of amides is 1. The summed E-state index contributed by atoms with van der Waals surface area (Å²) in [5, 5.41) is 11.8. The molecule has 2 aliphatic rings. The Morgan fingerprint density at radius 2 is 1.88 bits per heavy atom.